The molecule has 3 rings (SSSR count). The summed E-state index contributed by atoms with van der Waals surface area (Å²) >= 11 is 9.98. The Balaban J connectivity index is 1.75. The zero-order chi connectivity index (χ0) is 14.2. The van der Waals surface area contributed by atoms with Gasteiger partial charge in [-0.2, -0.15) is 0 Å². The van der Waals surface area contributed by atoms with Crippen LogP contribution in [-0.4, -0.2) is 10.9 Å². The standard InChI is InChI=1S/C17H22BrClO/c1-12-10-13(6-7-14(12)19)20-16-11-15(18)17(16)8-4-2-3-5-9-17/h6-7,10,15-16H,2-5,8-9,11H2,1H3. The molecule has 2 atom stereocenters. The van der Waals surface area contributed by atoms with E-state index in [-0.39, 0.29) is 0 Å². The number of alkyl halides is 1. The third kappa shape index (κ3) is 2.62. The summed E-state index contributed by atoms with van der Waals surface area (Å²) in [5.41, 5.74) is 1.46. The summed E-state index contributed by atoms with van der Waals surface area (Å²) in [4.78, 5) is 0.631. The number of rotatable bonds is 2. The molecule has 2 saturated carbocycles. The molecular weight excluding hydrogens is 336 g/mol. The first kappa shape index (κ1) is 14.7. The maximum Gasteiger partial charge on any atom is 0.120 e. The Kier molecular flexibility index (Phi) is 4.33. The molecule has 110 valence electrons. The first-order chi connectivity index (χ1) is 9.62. The van der Waals surface area contributed by atoms with E-state index in [0.29, 0.717) is 16.3 Å². The molecule has 20 heavy (non-hydrogen) atoms. The van der Waals surface area contributed by atoms with Gasteiger partial charge in [-0.3, -0.25) is 0 Å². The third-order valence-corrected chi connectivity index (χ3v) is 6.84. The molecule has 1 aromatic rings. The predicted octanol–water partition coefficient (Wildman–Crippen LogP) is 5.90. The lowest BCUT2D eigenvalue weighted by atomic mass is 9.61. The summed E-state index contributed by atoms with van der Waals surface area (Å²) in [6, 6.07) is 6.01. The average molecular weight is 358 g/mol. The van der Waals surface area contributed by atoms with Crippen LogP contribution >= 0.6 is 27.5 Å². The van der Waals surface area contributed by atoms with E-state index in [0.717, 1.165) is 22.8 Å². The van der Waals surface area contributed by atoms with Crippen molar-refractivity contribution in [3.63, 3.8) is 0 Å². The molecule has 3 heteroatoms. The van der Waals surface area contributed by atoms with Crippen molar-refractivity contribution in [1.29, 1.82) is 0 Å². The molecule has 0 aromatic heterocycles. The highest BCUT2D eigenvalue weighted by molar-refractivity contribution is 9.09. The van der Waals surface area contributed by atoms with Crippen molar-refractivity contribution in [3.8, 4) is 5.75 Å². The first-order valence-electron chi connectivity index (χ1n) is 7.69. The van der Waals surface area contributed by atoms with Crippen molar-refractivity contribution in [3.05, 3.63) is 28.8 Å². The summed E-state index contributed by atoms with van der Waals surface area (Å²) in [5, 5.41) is 0.813. The Morgan fingerprint density at radius 2 is 1.90 bits per heavy atom. The van der Waals surface area contributed by atoms with E-state index in [1.54, 1.807) is 0 Å². The van der Waals surface area contributed by atoms with E-state index in [1.807, 2.05) is 19.1 Å². The second kappa shape index (κ2) is 5.88. The highest BCUT2D eigenvalue weighted by atomic mass is 79.9. The third-order valence-electron chi connectivity index (χ3n) is 5.13. The highest BCUT2D eigenvalue weighted by Gasteiger charge is 2.54. The Morgan fingerprint density at radius 3 is 2.50 bits per heavy atom. The lowest BCUT2D eigenvalue weighted by molar-refractivity contribution is -0.0462. The molecule has 0 amide bonds. The van der Waals surface area contributed by atoms with Gasteiger partial charge < -0.3 is 4.74 Å². The zero-order valence-corrected chi connectivity index (χ0v) is 14.3. The van der Waals surface area contributed by atoms with Gasteiger partial charge in [0.05, 0.1) is 0 Å². The van der Waals surface area contributed by atoms with Gasteiger partial charge in [0.15, 0.2) is 0 Å². The number of aryl methyl sites for hydroxylation is 1. The molecule has 0 bridgehead atoms. The maximum absolute atomic E-state index is 6.32. The number of hydrogen-bond acceptors (Lipinski definition) is 1. The molecule has 0 N–H and O–H groups in total. The Bertz CT molecular complexity index is 480. The minimum atomic E-state index is 0.365. The fourth-order valence-corrected chi connectivity index (χ4v) is 4.95. The quantitative estimate of drug-likeness (QED) is 0.598. The molecule has 2 aliphatic rings. The minimum Gasteiger partial charge on any atom is -0.490 e. The maximum atomic E-state index is 6.32. The van der Waals surface area contributed by atoms with Crippen molar-refractivity contribution in [2.45, 2.75) is 62.8 Å². The van der Waals surface area contributed by atoms with E-state index in [1.165, 1.54) is 38.5 Å². The van der Waals surface area contributed by atoms with E-state index >= 15 is 0 Å². The van der Waals surface area contributed by atoms with Gasteiger partial charge in [-0.1, -0.05) is 53.2 Å². The van der Waals surface area contributed by atoms with E-state index in [9.17, 15) is 0 Å². The largest absolute Gasteiger partial charge is 0.490 e. The van der Waals surface area contributed by atoms with Gasteiger partial charge in [-0.15, -0.1) is 0 Å². The van der Waals surface area contributed by atoms with E-state index in [4.69, 9.17) is 16.3 Å². The monoisotopic (exact) mass is 356 g/mol. The number of ether oxygens (including phenoxy) is 1. The first-order valence-corrected chi connectivity index (χ1v) is 8.98. The lowest BCUT2D eigenvalue weighted by Gasteiger charge is -2.53. The topological polar surface area (TPSA) is 9.23 Å². The van der Waals surface area contributed by atoms with Gasteiger partial charge in [0.2, 0.25) is 0 Å². The summed E-state index contributed by atoms with van der Waals surface area (Å²) in [5.74, 6) is 0.972. The van der Waals surface area contributed by atoms with Crippen LogP contribution in [0.1, 0.15) is 50.5 Å². The molecule has 0 radical (unpaired) electrons. The van der Waals surface area contributed by atoms with Crippen molar-refractivity contribution in [2.24, 2.45) is 5.41 Å². The lowest BCUT2D eigenvalue weighted by Crippen LogP contribution is -2.56. The second-order valence-electron chi connectivity index (χ2n) is 6.37. The molecule has 1 nitrogen and oxygen atoms in total. The van der Waals surface area contributed by atoms with Crippen molar-refractivity contribution in [1.82, 2.24) is 0 Å². The molecule has 0 heterocycles. The number of halogens is 2. The minimum absolute atomic E-state index is 0.365. The fourth-order valence-electron chi connectivity index (χ4n) is 3.74. The summed E-state index contributed by atoms with van der Waals surface area (Å²) in [6.45, 7) is 2.03. The van der Waals surface area contributed by atoms with Crippen LogP contribution in [0.15, 0.2) is 18.2 Å². The van der Waals surface area contributed by atoms with Crippen LogP contribution in [0.4, 0.5) is 0 Å². The fraction of sp³-hybridized carbons (Fsp3) is 0.647. The van der Waals surface area contributed by atoms with Crippen molar-refractivity contribution < 1.29 is 4.74 Å². The SMILES string of the molecule is Cc1cc(OC2CC(Br)C23CCCCCC3)ccc1Cl. The molecule has 0 aliphatic heterocycles. The van der Waals surface area contributed by atoms with Crippen LogP contribution in [0.25, 0.3) is 0 Å². The predicted molar refractivity (Wildman–Crippen MR) is 88.1 cm³/mol. The van der Waals surface area contributed by atoms with Crippen LogP contribution in [0.3, 0.4) is 0 Å². The van der Waals surface area contributed by atoms with E-state index < -0.39 is 0 Å². The Labute approximate surface area is 135 Å². The van der Waals surface area contributed by atoms with Gasteiger partial charge in [-0.05, 0) is 49.9 Å². The molecule has 1 aromatic carbocycles. The number of benzene rings is 1. The molecule has 0 saturated heterocycles. The van der Waals surface area contributed by atoms with Crippen molar-refractivity contribution in [2.75, 3.05) is 0 Å². The molecule has 2 aliphatic carbocycles. The summed E-state index contributed by atoms with van der Waals surface area (Å²) in [6.07, 6.45) is 9.57. The zero-order valence-electron chi connectivity index (χ0n) is 12.0. The van der Waals surface area contributed by atoms with Crippen LogP contribution < -0.4 is 4.74 Å². The van der Waals surface area contributed by atoms with Gasteiger partial charge in [-0.25, -0.2) is 0 Å². The van der Waals surface area contributed by atoms with Gasteiger partial charge in [0, 0.05) is 15.3 Å². The highest BCUT2D eigenvalue weighted by Crippen LogP contribution is 2.55. The molecule has 2 fully saturated rings. The Morgan fingerprint density at radius 1 is 1.20 bits per heavy atom. The smallest absolute Gasteiger partial charge is 0.120 e. The van der Waals surface area contributed by atoms with Crippen LogP contribution in [0.5, 0.6) is 5.75 Å². The summed E-state index contributed by atoms with van der Waals surface area (Å²) < 4.78 is 6.32. The van der Waals surface area contributed by atoms with Crippen molar-refractivity contribution >= 4 is 27.5 Å². The average Bonchev–Trinajstić information content (AvgIpc) is 2.70. The summed E-state index contributed by atoms with van der Waals surface area (Å²) in [7, 11) is 0. The second-order valence-corrected chi connectivity index (χ2v) is 7.88. The molecular formula is C17H22BrClO. The van der Waals surface area contributed by atoms with Gasteiger partial charge in [0.25, 0.3) is 0 Å². The van der Waals surface area contributed by atoms with Gasteiger partial charge >= 0.3 is 0 Å². The molecule has 1 spiro atoms. The van der Waals surface area contributed by atoms with Crippen LogP contribution in [-0.2, 0) is 0 Å². The van der Waals surface area contributed by atoms with Gasteiger partial charge in [0.1, 0.15) is 11.9 Å². The van der Waals surface area contributed by atoms with E-state index in [2.05, 4.69) is 22.0 Å². The van der Waals surface area contributed by atoms with Crippen LogP contribution in [0.2, 0.25) is 5.02 Å². The normalized spacial score (nSPS) is 28.8. The number of hydrogen-bond donors (Lipinski definition) is 0. The Hall–Kier alpha value is -0.210. The molecule has 2 unspecified atom stereocenters. The van der Waals surface area contributed by atoms with Crippen LogP contribution in [0, 0.1) is 12.3 Å².